The SMILES string of the molecule is CC=C(C)C(=O)O[C@H]1C[C@@H](OC(C)=O)[C@@]2(C(=O)OC)CO[C@H]3[C@@H](O)[C@@](C)([C@]45O[C@@]4(C)[C@H]4C[C@@H]5O[C@@H]5OC=C[C@@]54O)[C@H]4[C@]1(CO[C@]4(O)C(=O)OC)[C@@H]32. The van der Waals surface area contributed by atoms with Gasteiger partial charge in [-0.25, -0.2) is 9.59 Å². The van der Waals surface area contributed by atoms with Crippen LogP contribution in [0.5, 0.6) is 0 Å². The number of aliphatic hydroxyl groups excluding tert-OH is 1. The monoisotopic (exact) mass is 720 g/mol. The molecule has 5 aliphatic heterocycles. The largest absolute Gasteiger partial charge is 0.469 e. The number of aliphatic hydroxyl groups is 3. The Morgan fingerprint density at radius 1 is 0.961 bits per heavy atom. The van der Waals surface area contributed by atoms with E-state index in [-0.39, 0.29) is 18.4 Å². The molecule has 3 saturated carbocycles. The summed E-state index contributed by atoms with van der Waals surface area (Å²) in [5.74, 6) is -9.76. The van der Waals surface area contributed by atoms with Gasteiger partial charge in [0.1, 0.15) is 28.8 Å². The quantitative estimate of drug-likeness (QED) is 0.140. The lowest BCUT2D eigenvalue weighted by Crippen LogP contribution is -2.79. The molecule has 8 rings (SSSR count). The fourth-order valence-corrected chi connectivity index (χ4v) is 12.2. The van der Waals surface area contributed by atoms with E-state index >= 15 is 0 Å². The van der Waals surface area contributed by atoms with Crippen LogP contribution in [0.3, 0.4) is 0 Å². The van der Waals surface area contributed by atoms with Crippen molar-refractivity contribution in [3.05, 3.63) is 24.0 Å². The predicted molar refractivity (Wildman–Crippen MR) is 164 cm³/mol. The fraction of sp³-hybridized carbons (Fsp3) is 0.771. The van der Waals surface area contributed by atoms with E-state index in [1.54, 1.807) is 33.8 Å². The minimum Gasteiger partial charge on any atom is -0.469 e. The number of hydrogen-bond acceptors (Lipinski definition) is 16. The van der Waals surface area contributed by atoms with E-state index in [4.69, 9.17) is 42.6 Å². The van der Waals surface area contributed by atoms with Crippen molar-refractivity contribution in [2.24, 2.45) is 34.0 Å². The van der Waals surface area contributed by atoms with Gasteiger partial charge in [-0.15, -0.1) is 0 Å². The molecule has 5 heterocycles. The summed E-state index contributed by atoms with van der Waals surface area (Å²) >= 11 is 0. The van der Waals surface area contributed by atoms with Gasteiger partial charge in [-0.2, -0.15) is 0 Å². The summed E-state index contributed by atoms with van der Waals surface area (Å²) in [4.78, 5) is 54.4. The zero-order chi connectivity index (χ0) is 36.9. The average Bonchev–Trinajstić information content (AvgIpc) is 3.47. The van der Waals surface area contributed by atoms with Crippen LogP contribution in [0.25, 0.3) is 0 Å². The Kier molecular flexibility index (Phi) is 7.20. The van der Waals surface area contributed by atoms with E-state index in [2.05, 4.69) is 0 Å². The molecule has 8 aliphatic rings. The lowest BCUT2D eigenvalue weighted by molar-refractivity contribution is -0.314. The Morgan fingerprint density at radius 3 is 2.31 bits per heavy atom. The first kappa shape index (κ1) is 34.9. The van der Waals surface area contributed by atoms with Crippen molar-refractivity contribution in [2.75, 3.05) is 27.4 Å². The number of allylic oxidation sites excluding steroid dienone is 1. The van der Waals surface area contributed by atoms with Crippen LogP contribution in [-0.2, 0) is 61.8 Å². The van der Waals surface area contributed by atoms with E-state index in [0.717, 1.165) is 14.2 Å². The molecule has 16 atom stereocenters. The molecule has 3 aliphatic carbocycles. The molecule has 3 N–H and O–H groups in total. The molecule has 0 aromatic carbocycles. The molecule has 16 heteroatoms. The lowest BCUT2D eigenvalue weighted by Gasteiger charge is -2.65. The topological polar surface area (TPSA) is 215 Å². The zero-order valence-electron chi connectivity index (χ0n) is 29.4. The van der Waals surface area contributed by atoms with Crippen LogP contribution in [0.4, 0.5) is 0 Å². The Hall–Kier alpha value is -3.12. The highest BCUT2D eigenvalue weighted by Crippen LogP contribution is 2.83. The molecule has 2 bridgehead atoms. The molecule has 51 heavy (non-hydrogen) atoms. The number of fused-ring (bicyclic) bond motifs is 7. The van der Waals surface area contributed by atoms with Gasteiger partial charge in [-0.1, -0.05) is 13.0 Å². The summed E-state index contributed by atoms with van der Waals surface area (Å²) in [6.07, 6.45) is -3.11. The maximum absolute atomic E-state index is 14.2. The van der Waals surface area contributed by atoms with Gasteiger partial charge in [0.25, 0.3) is 5.79 Å². The summed E-state index contributed by atoms with van der Waals surface area (Å²) in [7, 11) is 2.23. The minimum atomic E-state index is -2.82. The molecule has 16 nitrogen and oxygen atoms in total. The Bertz CT molecular complexity index is 1660. The lowest BCUT2D eigenvalue weighted by atomic mass is 9.37. The van der Waals surface area contributed by atoms with Crippen molar-refractivity contribution in [2.45, 2.75) is 107 Å². The number of ether oxygens (including phenoxy) is 9. The van der Waals surface area contributed by atoms with Crippen molar-refractivity contribution >= 4 is 23.9 Å². The number of epoxide rings is 1. The molecule has 0 unspecified atom stereocenters. The Labute approximate surface area is 293 Å². The molecular formula is C35H44O16. The molecule has 0 aromatic heterocycles. The van der Waals surface area contributed by atoms with Crippen molar-refractivity contribution in [3.8, 4) is 0 Å². The van der Waals surface area contributed by atoms with Gasteiger partial charge < -0.3 is 58.0 Å². The average molecular weight is 721 g/mol. The second-order valence-electron chi connectivity index (χ2n) is 15.8. The van der Waals surface area contributed by atoms with Crippen LogP contribution in [0, 0.1) is 34.0 Å². The van der Waals surface area contributed by atoms with Crippen molar-refractivity contribution in [1.29, 1.82) is 0 Å². The summed E-state index contributed by atoms with van der Waals surface area (Å²) in [6, 6.07) is 0. The van der Waals surface area contributed by atoms with Crippen molar-refractivity contribution in [1.82, 2.24) is 0 Å². The zero-order valence-corrected chi connectivity index (χ0v) is 29.4. The Morgan fingerprint density at radius 2 is 1.67 bits per heavy atom. The standard InChI is InChI=1S/C35H44O16/c1-8-15(2)24(38)49-18-12-19(48-16(3)36)32(26(39)43-6)13-46-21-22(32)31(18)14-47-34(42,27(40)44-7)25(31)29(4,23(21)37)35-20-11-17(30(35,5)51-35)33(41)9-10-45-28(33)50-20/h8-10,17-23,25,28,37,41-42H,11-14H2,1-7H3/t17-,18+,19-,20+,21-,22-,23-,25+,28+,29-,30+,31+,32+,33+,34+,35+/m1/s1. The second-order valence-corrected chi connectivity index (χ2v) is 15.8. The first-order chi connectivity index (χ1) is 23.9. The maximum atomic E-state index is 14.2. The van der Waals surface area contributed by atoms with Gasteiger partial charge in [0.15, 0.2) is 5.60 Å². The highest BCUT2D eigenvalue weighted by Gasteiger charge is 2.97. The smallest absolute Gasteiger partial charge is 0.366 e. The number of carbonyl (C=O) groups excluding carboxylic acids is 4. The highest BCUT2D eigenvalue weighted by molar-refractivity contribution is 5.88. The molecule has 280 valence electrons. The summed E-state index contributed by atoms with van der Waals surface area (Å²) in [5, 5.41) is 37.4. The predicted octanol–water partition coefficient (Wildman–Crippen LogP) is -0.203. The number of hydrogen-bond donors (Lipinski definition) is 3. The maximum Gasteiger partial charge on any atom is 0.366 e. The van der Waals surface area contributed by atoms with Crippen LogP contribution in [-0.4, -0.2) is 126 Å². The first-order valence-corrected chi connectivity index (χ1v) is 17.2. The molecular weight excluding hydrogens is 676 g/mol. The van der Waals surface area contributed by atoms with Gasteiger partial charge in [0, 0.05) is 47.5 Å². The third-order valence-corrected chi connectivity index (χ3v) is 14.1. The molecule has 0 radical (unpaired) electrons. The minimum absolute atomic E-state index is 0.235. The van der Waals surface area contributed by atoms with Crippen molar-refractivity contribution in [3.63, 3.8) is 0 Å². The van der Waals surface area contributed by atoms with Crippen molar-refractivity contribution < 1.29 is 77.1 Å². The van der Waals surface area contributed by atoms with Gasteiger partial charge in [-0.3, -0.25) is 9.59 Å². The number of esters is 4. The number of carbonyl (C=O) groups is 4. The van der Waals surface area contributed by atoms with Gasteiger partial charge in [0.2, 0.25) is 6.29 Å². The summed E-state index contributed by atoms with van der Waals surface area (Å²) in [6.45, 7) is 6.88. The van der Waals surface area contributed by atoms with E-state index < -0.39 is 130 Å². The van der Waals surface area contributed by atoms with Gasteiger partial charge >= 0.3 is 23.9 Å². The van der Waals surface area contributed by atoms with Gasteiger partial charge in [-0.05, 0) is 33.3 Å². The van der Waals surface area contributed by atoms with Crippen LogP contribution >= 0.6 is 0 Å². The van der Waals surface area contributed by atoms with E-state index in [1.807, 2.05) is 0 Å². The third kappa shape index (κ3) is 3.65. The molecule has 7 fully saturated rings. The molecule has 4 saturated heterocycles. The number of methoxy groups -OCH3 is 2. The van der Waals surface area contributed by atoms with Crippen LogP contribution in [0.15, 0.2) is 24.0 Å². The normalized spacial score (nSPS) is 53.9. The Balaban J connectivity index is 1.40. The van der Waals surface area contributed by atoms with E-state index in [9.17, 15) is 34.5 Å². The van der Waals surface area contributed by atoms with E-state index in [0.29, 0.717) is 0 Å². The molecule has 0 amide bonds. The summed E-state index contributed by atoms with van der Waals surface area (Å²) < 4.78 is 54.0. The second kappa shape index (κ2) is 10.5. The summed E-state index contributed by atoms with van der Waals surface area (Å²) in [5.41, 5.74) is -9.47. The molecule has 0 aromatic rings. The van der Waals surface area contributed by atoms with Crippen LogP contribution < -0.4 is 0 Å². The highest BCUT2D eigenvalue weighted by atomic mass is 16.7. The molecule has 1 spiro atoms. The van der Waals surface area contributed by atoms with Crippen LogP contribution in [0.2, 0.25) is 0 Å². The first-order valence-electron chi connectivity index (χ1n) is 17.2. The third-order valence-electron chi connectivity index (χ3n) is 14.1. The van der Waals surface area contributed by atoms with E-state index in [1.165, 1.54) is 19.3 Å². The van der Waals surface area contributed by atoms with Crippen LogP contribution in [0.1, 0.15) is 47.5 Å². The fourth-order valence-electron chi connectivity index (χ4n) is 12.2. The number of rotatable bonds is 6. The van der Waals surface area contributed by atoms with Gasteiger partial charge in [0.05, 0.1) is 52.0 Å².